The molecule has 0 spiro atoms. The minimum atomic E-state index is -0.490. The van der Waals surface area contributed by atoms with Gasteiger partial charge in [-0.3, -0.25) is 10.1 Å². The van der Waals surface area contributed by atoms with E-state index in [1.165, 1.54) is 12.1 Å². The van der Waals surface area contributed by atoms with Crippen LogP contribution in [0.5, 0.6) is 0 Å². The molecule has 3 rings (SSSR count). The Labute approximate surface area is 139 Å². The zero-order valence-corrected chi connectivity index (χ0v) is 13.9. The van der Waals surface area contributed by atoms with E-state index in [0.29, 0.717) is 36.5 Å². The molecule has 24 heavy (non-hydrogen) atoms. The van der Waals surface area contributed by atoms with Crippen LogP contribution < -0.4 is 0 Å². The molecule has 2 heterocycles. The van der Waals surface area contributed by atoms with Crippen LogP contribution in [0.15, 0.2) is 18.2 Å². The Morgan fingerprint density at radius 1 is 1.46 bits per heavy atom. The number of hydrogen-bond acceptors (Lipinski definition) is 5. The topological polar surface area (TPSA) is 101 Å². The van der Waals surface area contributed by atoms with Crippen molar-refractivity contribution in [3.63, 3.8) is 0 Å². The van der Waals surface area contributed by atoms with E-state index in [1.807, 2.05) is 20.8 Å². The van der Waals surface area contributed by atoms with Crippen molar-refractivity contribution in [2.45, 2.75) is 32.8 Å². The van der Waals surface area contributed by atoms with Gasteiger partial charge in [0.2, 0.25) is 0 Å². The first-order chi connectivity index (χ1) is 11.2. The summed E-state index contributed by atoms with van der Waals surface area (Å²) in [6.45, 7) is 6.79. The van der Waals surface area contributed by atoms with Gasteiger partial charge in [0, 0.05) is 37.6 Å². The highest BCUT2D eigenvalue weighted by atomic mass is 16.6. The fourth-order valence-corrected chi connectivity index (χ4v) is 2.71. The Balaban J connectivity index is 1.59. The van der Waals surface area contributed by atoms with E-state index in [9.17, 15) is 14.9 Å². The third-order valence-electron chi connectivity index (χ3n) is 3.82. The number of aromatic nitrogens is 2. The zero-order chi connectivity index (χ0) is 17.5. The van der Waals surface area contributed by atoms with Gasteiger partial charge in [-0.15, -0.1) is 0 Å². The lowest BCUT2D eigenvalue weighted by Gasteiger charge is -2.39. The molecule has 0 atom stereocenters. The van der Waals surface area contributed by atoms with Gasteiger partial charge in [0.15, 0.2) is 0 Å². The van der Waals surface area contributed by atoms with E-state index < -0.39 is 10.5 Å². The Hall–Kier alpha value is -2.64. The molecule has 1 fully saturated rings. The summed E-state index contributed by atoms with van der Waals surface area (Å²) in [5.41, 5.74) is 0.911. The van der Waals surface area contributed by atoms with Crippen molar-refractivity contribution in [3.8, 4) is 0 Å². The van der Waals surface area contributed by atoms with Crippen LogP contribution in [0.1, 0.15) is 26.6 Å². The van der Waals surface area contributed by atoms with Crippen LogP contribution in [-0.4, -0.2) is 44.6 Å². The second-order valence-corrected chi connectivity index (χ2v) is 7.10. The van der Waals surface area contributed by atoms with Crippen LogP contribution in [-0.2, 0) is 11.2 Å². The van der Waals surface area contributed by atoms with Crippen molar-refractivity contribution >= 4 is 22.8 Å². The largest absolute Gasteiger partial charge is 0.444 e. The summed E-state index contributed by atoms with van der Waals surface area (Å²) in [6.07, 6.45) is 0.404. The van der Waals surface area contributed by atoms with Crippen LogP contribution in [0.3, 0.4) is 0 Å². The van der Waals surface area contributed by atoms with Crippen LogP contribution >= 0.6 is 0 Å². The molecule has 0 radical (unpaired) electrons. The van der Waals surface area contributed by atoms with Crippen molar-refractivity contribution in [2.75, 3.05) is 13.1 Å². The van der Waals surface area contributed by atoms with Gasteiger partial charge in [0.1, 0.15) is 11.4 Å². The minimum Gasteiger partial charge on any atom is -0.444 e. The number of carbonyl (C=O) groups excluding carboxylic acids is 1. The maximum absolute atomic E-state index is 11.9. The Kier molecular flexibility index (Phi) is 3.90. The number of nitro benzene ring substituents is 1. The standard InChI is InChI=1S/C16H20N4O4/c1-16(2,3)24-15(21)19-8-10(9-19)6-14-17-12-5-4-11(20(22)23)7-13(12)18-14/h4-5,7,10H,6,8-9H2,1-3H3,(H,17,18). The van der Waals surface area contributed by atoms with E-state index >= 15 is 0 Å². The summed E-state index contributed by atoms with van der Waals surface area (Å²) in [6, 6.07) is 4.57. The molecule has 1 aromatic carbocycles. The van der Waals surface area contributed by atoms with Crippen LogP contribution in [0.25, 0.3) is 11.0 Å². The van der Waals surface area contributed by atoms with E-state index in [0.717, 1.165) is 5.82 Å². The first-order valence-electron chi connectivity index (χ1n) is 7.82. The van der Waals surface area contributed by atoms with Gasteiger partial charge in [-0.1, -0.05) is 0 Å². The quantitative estimate of drug-likeness (QED) is 0.688. The molecule has 1 saturated heterocycles. The molecule has 128 valence electrons. The molecule has 0 aliphatic carbocycles. The lowest BCUT2D eigenvalue weighted by atomic mass is 9.97. The van der Waals surface area contributed by atoms with Crippen molar-refractivity contribution in [3.05, 3.63) is 34.1 Å². The number of hydrogen-bond donors (Lipinski definition) is 1. The molecule has 8 nitrogen and oxygen atoms in total. The lowest BCUT2D eigenvalue weighted by molar-refractivity contribution is -0.384. The fraction of sp³-hybridized carbons (Fsp3) is 0.500. The van der Waals surface area contributed by atoms with Crippen molar-refractivity contribution in [1.82, 2.24) is 14.9 Å². The van der Waals surface area contributed by atoms with E-state index in [4.69, 9.17) is 4.74 Å². The van der Waals surface area contributed by atoms with E-state index in [2.05, 4.69) is 9.97 Å². The molecule has 1 aliphatic rings. The zero-order valence-electron chi connectivity index (χ0n) is 13.9. The van der Waals surface area contributed by atoms with Gasteiger partial charge in [-0.05, 0) is 26.8 Å². The highest BCUT2D eigenvalue weighted by Gasteiger charge is 2.34. The van der Waals surface area contributed by atoms with Crippen LogP contribution in [0, 0.1) is 16.0 Å². The molecule has 0 saturated carbocycles. The molecule has 0 bridgehead atoms. The monoisotopic (exact) mass is 332 g/mol. The number of benzene rings is 1. The number of non-ortho nitro benzene ring substituents is 1. The SMILES string of the molecule is CC(C)(C)OC(=O)N1CC(Cc2nc3ccc([N+](=O)[O-])cc3[nH]2)C1. The third kappa shape index (κ3) is 3.47. The Morgan fingerprint density at radius 3 is 2.79 bits per heavy atom. The van der Waals surface area contributed by atoms with Crippen molar-refractivity contribution in [1.29, 1.82) is 0 Å². The van der Waals surface area contributed by atoms with Gasteiger partial charge in [0.05, 0.1) is 16.0 Å². The van der Waals surface area contributed by atoms with Gasteiger partial charge in [-0.2, -0.15) is 0 Å². The molecular formula is C16H20N4O4. The molecule has 1 N–H and O–H groups in total. The third-order valence-corrected chi connectivity index (χ3v) is 3.82. The van der Waals surface area contributed by atoms with Gasteiger partial charge in [-0.25, -0.2) is 9.78 Å². The molecule has 1 amide bonds. The number of nitro groups is 1. The maximum Gasteiger partial charge on any atom is 0.410 e. The van der Waals surface area contributed by atoms with Crippen molar-refractivity contribution in [2.24, 2.45) is 5.92 Å². The first kappa shape index (κ1) is 16.2. The van der Waals surface area contributed by atoms with Gasteiger partial charge < -0.3 is 14.6 Å². The van der Waals surface area contributed by atoms with E-state index in [1.54, 1.807) is 11.0 Å². The summed E-state index contributed by atoms with van der Waals surface area (Å²) in [5.74, 6) is 1.09. The van der Waals surface area contributed by atoms with Gasteiger partial charge in [0.25, 0.3) is 5.69 Å². The van der Waals surface area contributed by atoms with E-state index in [-0.39, 0.29) is 11.8 Å². The molecule has 2 aromatic rings. The summed E-state index contributed by atoms with van der Waals surface area (Å²) in [5, 5.41) is 10.8. The number of fused-ring (bicyclic) bond motifs is 1. The average Bonchev–Trinajstić information content (AvgIpc) is 2.81. The number of aromatic amines is 1. The fourth-order valence-electron chi connectivity index (χ4n) is 2.71. The smallest absolute Gasteiger partial charge is 0.410 e. The summed E-state index contributed by atoms with van der Waals surface area (Å²) in [4.78, 5) is 31.5. The second-order valence-electron chi connectivity index (χ2n) is 7.10. The number of likely N-dealkylation sites (tertiary alicyclic amines) is 1. The summed E-state index contributed by atoms with van der Waals surface area (Å²) < 4.78 is 5.32. The lowest BCUT2D eigenvalue weighted by Crippen LogP contribution is -2.52. The highest BCUT2D eigenvalue weighted by Crippen LogP contribution is 2.24. The normalized spacial score (nSPS) is 15.4. The number of ether oxygens (including phenoxy) is 1. The minimum absolute atomic E-state index is 0.0393. The molecule has 0 unspecified atom stereocenters. The summed E-state index contributed by atoms with van der Waals surface area (Å²) in [7, 11) is 0. The predicted octanol–water partition coefficient (Wildman–Crippen LogP) is 2.88. The van der Waals surface area contributed by atoms with Crippen LogP contribution in [0.4, 0.5) is 10.5 Å². The molecule has 1 aliphatic heterocycles. The Bertz CT molecular complexity index is 787. The number of carbonyl (C=O) groups is 1. The molecular weight excluding hydrogens is 312 g/mol. The average molecular weight is 332 g/mol. The number of rotatable bonds is 3. The number of amides is 1. The first-order valence-corrected chi connectivity index (χ1v) is 7.82. The molecule has 8 heteroatoms. The second kappa shape index (κ2) is 5.77. The summed E-state index contributed by atoms with van der Waals surface area (Å²) >= 11 is 0. The highest BCUT2D eigenvalue weighted by molar-refractivity contribution is 5.77. The van der Waals surface area contributed by atoms with Gasteiger partial charge >= 0.3 is 6.09 Å². The van der Waals surface area contributed by atoms with Crippen LogP contribution in [0.2, 0.25) is 0 Å². The van der Waals surface area contributed by atoms with Crippen molar-refractivity contribution < 1.29 is 14.5 Å². The Morgan fingerprint density at radius 2 is 2.17 bits per heavy atom. The number of nitrogens with zero attached hydrogens (tertiary/aromatic N) is 3. The number of imidazole rings is 1. The maximum atomic E-state index is 11.9. The number of H-pyrrole nitrogens is 1. The molecule has 1 aromatic heterocycles. The number of nitrogens with one attached hydrogen (secondary N) is 1. The predicted molar refractivity (Wildman–Crippen MR) is 87.7 cm³/mol.